The second-order valence-corrected chi connectivity index (χ2v) is 11.3. The summed E-state index contributed by atoms with van der Waals surface area (Å²) in [6.07, 6.45) is -0.679. The lowest BCUT2D eigenvalue weighted by atomic mass is 9.82. The van der Waals surface area contributed by atoms with E-state index in [-0.39, 0.29) is 12.3 Å². The number of halogens is 4. The number of alkyl halides is 3. The lowest BCUT2D eigenvalue weighted by molar-refractivity contribution is -0.274. The van der Waals surface area contributed by atoms with Crippen molar-refractivity contribution in [2.24, 2.45) is 0 Å². The molecule has 1 spiro atoms. The quantitative estimate of drug-likeness (QED) is 0.221. The van der Waals surface area contributed by atoms with Crippen molar-refractivity contribution in [2.75, 3.05) is 18.0 Å². The average Bonchev–Trinajstić information content (AvgIpc) is 3.42. The summed E-state index contributed by atoms with van der Waals surface area (Å²) in [5.41, 5.74) is 3.67. The maximum Gasteiger partial charge on any atom is 0.573 e. The molecular weight excluding hydrogens is 595 g/mol. The Morgan fingerprint density at radius 1 is 1.00 bits per heavy atom. The molecule has 12 heteroatoms. The SMILES string of the molecule is N#Cc1ccc(Cn2cncc2CN2CCC3(CC2)OC(=O)N(Cc2cccc(OC(F)(F)F)c2)c2ccc(Cl)cc23)cc1. The first kappa shape index (κ1) is 29.5. The number of aromatic nitrogens is 2. The van der Waals surface area contributed by atoms with E-state index in [0.29, 0.717) is 60.9 Å². The van der Waals surface area contributed by atoms with Gasteiger partial charge >= 0.3 is 12.5 Å². The molecule has 1 aromatic heterocycles. The number of carbonyl (C=O) groups excluding carboxylic acids is 1. The molecule has 3 aromatic carbocycles. The van der Waals surface area contributed by atoms with E-state index in [4.69, 9.17) is 21.6 Å². The van der Waals surface area contributed by atoms with Crippen LogP contribution >= 0.6 is 11.6 Å². The Balaban J connectivity index is 1.17. The minimum atomic E-state index is -4.82. The summed E-state index contributed by atoms with van der Waals surface area (Å²) in [6, 6.07) is 20.4. The van der Waals surface area contributed by atoms with Crippen LogP contribution in [-0.2, 0) is 30.0 Å². The number of nitrogens with zero attached hydrogens (tertiary/aromatic N) is 5. The third-order valence-corrected chi connectivity index (χ3v) is 8.23. The Kier molecular flexibility index (Phi) is 7.97. The zero-order valence-electron chi connectivity index (χ0n) is 23.4. The molecule has 8 nitrogen and oxygen atoms in total. The Labute approximate surface area is 256 Å². The molecule has 0 N–H and O–H groups in total. The normalized spacial score (nSPS) is 16.3. The predicted molar refractivity (Wildman–Crippen MR) is 156 cm³/mol. The summed E-state index contributed by atoms with van der Waals surface area (Å²) in [5.74, 6) is -0.362. The van der Waals surface area contributed by atoms with Gasteiger partial charge in [-0.25, -0.2) is 9.78 Å². The molecule has 0 radical (unpaired) electrons. The maximum atomic E-state index is 13.4. The molecule has 6 rings (SSSR count). The highest BCUT2D eigenvalue weighted by molar-refractivity contribution is 6.30. The summed E-state index contributed by atoms with van der Waals surface area (Å²) >= 11 is 6.41. The summed E-state index contributed by atoms with van der Waals surface area (Å²) in [6.45, 7) is 2.58. The Hall–Kier alpha value is -4.53. The number of hydrogen-bond donors (Lipinski definition) is 0. The van der Waals surface area contributed by atoms with Crippen molar-refractivity contribution in [3.63, 3.8) is 0 Å². The van der Waals surface area contributed by atoms with E-state index >= 15 is 0 Å². The first-order valence-electron chi connectivity index (χ1n) is 14.0. The monoisotopic (exact) mass is 621 g/mol. The molecule has 0 saturated carbocycles. The van der Waals surface area contributed by atoms with Crippen LogP contribution in [0.15, 0.2) is 79.3 Å². The number of piperidine rings is 1. The van der Waals surface area contributed by atoms with Crippen LogP contribution in [0.25, 0.3) is 0 Å². The van der Waals surface area contributed by atoms with Crippen LogP contribution in [0.1, 0.15) is 40.8 Å². The second-order valence-electron chi connectivity index (χ2n) is 10.9. The molecule has 226 valence electrons. The predicted octanol–water partition coefficient (Wildman–Crippen LogP) is 7.00. The van der Waals surface area contributed by atoms with E-state index in [2.05, 4.69) is 25.3 Å². The zero-order chi connectivity index (χ0) is 30.9. The number of fused-ring (bicyclic) bond motifs is 2. The highest BCUT2D eigenvalue weighted by Gasteiger charge is 2.47. The van der Waals surface area contributed by atoms with Crippen LogP contribution < -0.4 is 9.64 Å². The number of anilines is 1. The number of ether oxygens (including phenoxy) is 2. The zero-order valence-corrected chi connectivity index (χ0v) is 24.2. The molecule has 0 unspecified atom stereocenters. The van der Waals surface area contributed by atoms with Crippen molar-refractivity contribution in [3.8, 4) is 11.8 Å². The Morgan fingerprint density at radius 2 is 1.77 bits per heavy atom. The van der Waals surface area contributed by atoms with E-state index in [9.17, 15) is 18.0 Å². The number of nitriles is 1. The minimum absolute atomic E-state index is 0.00600. The van der Waals surface area contributed by atoms with E-state index in [1.165, 1.54) is 23.1 Å². The first-order valence-corrected chi connectivity index (χ1v) is 14.3. The molecule has 2 aliphatic rings. The van der Waals surface area contributed by atoms with Crippen LogP contribution in [0.2, 0.25) is 5.02 Å². The van der Waals surface area contributed by atoms with E-state index in [1.54, 1.807) is 36.7 Å². The van der Waals surface area contributed by atoms with Gasteiger partial charge in [-0.3, -0.25) is 9.80 Å². The molecular formula is C32H27ClF3N5O3. The van der Waals surface area contributed by atoms with Crippen molar-refractivity contribution in [3.05, 3.63) is 112 Å². The van der Waals surface area contributed by atoms with Gasteiger partial charge in [-0.15, -0.1) is 13.2 Å². The van der Waals surface area contributed by atoms with Crippen molar-refractivity contribution in [1.82, 2.24) is 14.5 Å². The molecule has 0 bridgehead atoms. The fourth-order valence-corrected chi connectivity index (χ4v) is 6.01. The summed E-state index contributed by atoms with van der Waals surface area (Å²) < 4.78 is 50.6. The fraction of sp³-hybridized carbons (Fsp3) is 0.281. The van der Waals surface area contributed by atoms with Gasteiger partial charge in [0.25, 0.3) is 0 Å². The van der Waals surface area contributed by atoms with Gasteiger partial charge in [-0.2, -0.15) is 5.26 Å². The van der Waals surface area contributed by atoms with Crippen molar-refractivity contribution < 1.29 is 27.4 Å². The number of amides is 1. The smallest absolute Gasteiger partial charge is 0.437 e. The molecule has 0 atom stereocenters. The molecule has 4 aromatic rings. The van der Waals surface area contributed by atoms with Crippen LogP contribution in [0.5, 0.6) is 5.75 Å². The average molecular weight is 622 g/mol. The molecule has 44 heavy (non-hydrogen) atoms. The summed E-state index contributed by atoms with van der Waals surface area (Å²) in [5, 5.41) is 9.55. The highest BCUT2D eigenvalue weighted by Crippen LogP contribution is 2.47. The third-order valence-electron chi connectivity index (χ3n) is 8.00. The van der Waals surface area contributed by atoms with E-state index in [0.717, 1.165) is 16.8 Å². The number of benzene rings is 3. The van der Waals surface area contributed by atoms with Gasteiger partial charge < -0.3 is 14.0 Å². The lowest BCUT2D eigenvalue weighted by Gasteiger charge is -2.47. The summed E-state index contributed by atoms with van der Waals surface area (Å²) in [7, 11) is 0. The van der Waals surface area contributed by atoms with Crippen LogP contribution in [-0.4, -0.2) is 40.0 Å². The van der Waals surface area contributed by atoms with Crippen LogP contribution in [0, 0.1) is 11.3 Å². The van der Waals surface area contributed by atoms with Crippen molar-refractivity contribution >= 4 is 23.4 Å². The fourth-order valence-electron chi connectivity index (χ4n) is 5.83. The number of carbonyl (C=O) groups is 1. The van der Waals surface area contributed by atoms with Gasteiger partial charge in [0, 0.05) is 55.8 Å². The third kappa shape index (κ3) is 6.37. The van der Waals surface area contributed by atoms with E-state index in [1.807, 2.05) is 24.4 Å². The molecule has 1 fully saturated rings. The number of likely N-dealkylation sites (tertiary alicyclic amines) is 1. The Morgan fingerprint density at radius 3 is 2.50 bits per heavy atom. The summed E-state index contributed by atoms with van der Waals surface area (Å²) in [4.78, 5) is 21.5. The van der Waals surface area contributed by atoms with Crippen LogP contribution in [0.3, 0.4) is 0 Å². The highest BCUT2D eigenvalue weighted by atomic mass is 35.5. The lowest BCUT2D eigenvalue weighted by Crippen LogP contribution is -2.51. The van der Waals surface area contributed by atoms with Gasteiger partial charge in [0.1, 0.15) is 11.4 Å². The topological polar surface area (TPSA) is 83.6 Å². The molecule has 2 aliphatic heterocycles. The largest absolute Gasteiger partial charge is 0.573 e. The van der Waals surface area contributed by atoms with Crippen molar-refractivity contribution in [2.45, 2.75) is 44.4 Å². The minimum Gasteiger partial charge on any atom is -0.437 e. The van der Waals surface area contributed by atoms with Gasteiger partial charge in [-0.1, -0.05) is 35.9 Å². The molecule has 3 heterocycles. The maximum absolute atomic E-state index is 13.4. The van der Waals surface area contributed by atoms with Crippen molar-refractivity contribution in [1.29, 1.82) is 5.26 Å². The standard InChI is InChI=1S/C32H27ClF3N5O3/c33-25-8-9-29-28(15-25)31(44-30(42)41(29)19-24-2-1-3-27(14-24)43-32(34,35)36)10-12-39(13-11-31)20-26-17-38-21-40(26)18-23-6-4-22(16-37)5-7-23/h1-9,14-15,17,21H,10-13,18-20H2. The number of imidazole rings is 1. The van der Waals surface area contributed by atoms with Gasteiger partial charge in [0.05, 0.1) is 35.9 Å². The number of rotatable bonds is 7. The van der Waals surface area contributed by atoms with Gasteiger partial charge in [0.2, 0.25) is 0 Å². The van der Waals surface area contributed by atoms with Gasteiger partial charge in [0.15, 0.2) is 0 Å². The molecule has 0 aliphatic carbocycles. The van der Waals surface area contributed by atoms with E-state index < -0.39 is 18.1 Å². The second kappa shape index (κ2) is 11.9. The van der Waals surface area contributed by atoms with Gasteiger partial charge in [-0.05, 0) is 53.6 Å². The molecule has 1 amide bonds. The molecule has 1 saturated heterocycles. The Bertz CT molecular complexity index is 1710. The first-order chi connectivity index (χ1) is 21.1. The van der Waals surface area contributed by atoms with Crippen LogP contribution in [0.4, 0.5) is 23.7 Å². The number of hydrogen-bond acceptors (Lipinski definition) is 6.